The molecule has 0 bridgehead atoms. The standard InChI is InChI=1S/C69H92Cl2FN17O17S2/c1-35(2)59-68(106)85-49(28-37-7-5-10-43(70)58(37)71)65(103)82-45(11-6-25-78-69(75)76)61(99)77-26-23-53(91)80-46(18-20-56(94)95)62(100)84-50(29-38-31-79-44-17-14-39(72)30-42(38)44)66(104)83-47(19-21-57(96)97)63(101)86-51(60(74)98)33-107-108-34-52(67(105)88-59)87-64(102)48(27-36-12-15-41(90)16-13-36)81-54(92)32-89(55(93)22-24-73)40-8-3-4-9-40/h5,7,10,12-17,30-31,35,40,45-52,59,79,90H,3-4,6,8-9,11,18-29,32-34,73H2,1-2H3,(H2,74,98)(H,77,99)(H,80,91)(H,81,92)(H,82,103)(H,83,104)(H,84,100)(H,85,106)(H,86,101)(H,87,102)(H,88,105)(H,94,95)(H,96,97)(H4,75,76,78)/t45-,46-,47-,48-,49-,50-,51-,52-,59-/m0/s1. The molecule has 4 aromatic rings. The van der Waals surface area contributed by atoms with E-state index in [0.29, 0.717) is 23.9 Å². The summed E-state index contributed by atoms with van der Waals surface area (Å²) in [6, 6.07) is -1.45. The van der Waals surface area contributed by atoms with Gasteiger partial charge < -0.3 is 101 Å². The van der Waals surface area contributed by atoms with Crippen molar-refractivity contribution in [1.29, 1.82) is 0 Å². The van der Waals surface area contributed by atoms with E-state index in [9.17, 15) is 82.0 Å². The summed E-state index contributed by atoms with van der Waals surface area (Å²) in [7, 11) is 1.62. The summed E-state index contributed by atoms with van der Waals surface area (Å²) >= 11 is 13.1. The predicted molar refractivity (Wildman–Crippen MR) is 399 cm³/mol. The number of aliphatic carboxylic acids is 2. The van der Waals surface area contributed by atoms with Gasteiger partial charge in [0.2, 0.25) is 70.9 Å². The summed E-state index contributed by atoms with van der Waals surface area (Å²) in [5, 5.41) is 55.6. The molecule has 1 aliphatic heterocycles. The van der Waals surface area contributed by atoms with E-state index < -0.39 is 213 Å². The largest absolute Gasteiger partial charge is 0.508 e. The first-order valence-corrected chi connectivity index (χ1v) is 38.0. The number of carbonyl (C=O) groups excluding carboxylic acids is 12. The maximum atomic E-state index is 15.1. The highest BCUT2D eigenvalue weighted by Crippen LogP contribution is 2.29. The number of benzene rings is 3. The molecule has 2 heterocycles. The van der Waals surface area contributed by atoms with Crippen LogP contribution in [0.1, 0.15) is 108 Å². The highest BCUT2D eigenvalue weighted by Gasteiger charge is 2.38. The Balaban J connectivity index is 1.43. The quantitative estimate of drug-likeness (QED) is 0.0165. The first-order valence-electron chi connectivity index (χ1n) is 34.8. The highest BCUT2D eigenvalue weighted by atomic mass is 35.5. The third kappa shape index (κ3) is 28.0. The number of fused-ring (bicyclic) bond motifs is 1. The van der Waals surface area contributed by atoms with Gasteiger partial charge in [0.05, 0.1) is 16.6 Å². The molecule has 1 saturated carbocycles. The molecule has 12 amide bonds. The van der Waals surface area contributed by atoms with E-state index in [4.69, 9.17) is 46.1 Å². The van der Waals surface area contributed by atoms with Crippen LogP contribution in [0.25, 0.3) is 10.9 Å². The van der Waals surface area contributed by atoms with Gasteiger partial charge in [-0.1, -0.05) is 95.7 Å². The fourth-order valence-corrected chi connectivity index (χ4v) is 14.6. The van der Waals surface area contributed by atoms with E-state index in [2.05, 4.69) is 63.1 Å². The summed E-state index contributed by atoms with van der Waals surface area (Å²) in [6.07, 6.45) is -0.533. The molecule has 1 aliphatic carbocycles. The van der Waals surface area contributed by atoms with Crippen molar-refractivity contribution in [2.75, 3.05) is 37.7 Å². The van der Waals surface area contributed by atoms with Crippen LogP contribution in [0.3, 0.4) is 0 Å². The summed E-state index contributed by atoms with van der Waals surface area (Å²) < 4.78 is 14.8. The monoisotopic (exact) mass is 1580 g/mol. The van der Waals surface area contributed by atoms with E-state index in [1.165, 1.54) is 59.6 Å². The number of aromatic hydroxyl groups is 1. The zero-order valence-electron chi connectivity index (χ0n) is 59.3. The van der Waals surface area contributed by atoms with Crippen molar-refractivity contribution < 1.29 is 86.8 Å². The number of hydrogen-bond acceptors (Lipinski definition) is 19. The number of carboxylic acids is 2. The number of amides is 12. The molecule has 9 atom stereocenters. The van der Waals surface area contributed by atoms with Gasteiger partial charge in [-0.15, -0.1) is 0 Å². The fourth-order valence-electron chi connectivity index (χ4n) is 11.8. The average molecular weight is 1590 g/mol. The maximum absolute atomic E-state index is 15.1. The zero-order chi connectivity index (χ0) is 79.3. The van der Waals surface area contributed by atoms with E-state index in [0.717, 1.165) is 46.6 Å². The van der Waals surface area contributed by atoms with Gasteiger partial charge in [-0.25, -0.2) is 4.39 Å². The maximum Gasteiger partial charge on any atom is 0.303 e. The van der Waals surface area contributed by atoms with Gasteiger partial charge in [0.25, 0.3) is 0 Å². The summed E-state index contributed by atoms with van der Waals surface area (Å²) in [5.74, 6) is -17.4. The first-order chi connectivity index (χ1) is 51.3. The molecule has 34 nitrogen and oxygen atoms in total. The molecule has 39 heteroatoms. The number of nitrogens with zero attached hydrogens (tertiary/aromatic N) is 2. The van der Waals surface area contributed by atoms with E-state index in [1.807, 2.05) is 0 Å². The van der Waals surface area contributed by atoms with Gasteiger partial charge in [-0.2, -0.15) is 0 Å². The molecule has 0 spiro atoms. The number of aromatic nitrogens is 1. The lowest BCUT2D eigenvalue weighted by molar-refractivity contribution is -0.139. The van der Waals surface area contributed by atoms with Crippen molar-refractivity contribution in [3.8, 4) is 5.75 Å². The number of carbonyl (C=O) groups is 14. The minimum Gasteiger partial charge on any atom is -0.508 e. The number of nitrogens with one attached hydrogen (secondary N) is 11. The lowest BCUT2D eigenvalue weighted by Gasteiger charge is -2.30. The number of aromatic amines is 1. The number of carboxylic acid groups (broad SMARTS) is 2. The van der Waals surface area contributed by atoms with Crippen molar-refractivity contribution in [3.63, 3.8) is 0 Å². The van der Waals surface area contributed by atoms with E-state index in [1.54, 1.807) is 13.8 Å². The molecule has 2 aliphatic rings. The van der Waals surface area contributed by atoms with Crippen LogP contribution in [0, 0.1) is 11.7 Å². The SMILES string of the molecule is CC(C)[C@@H]1NC(=O)[C@@H](NC(=O)[C@H](Cc2ccc(O)cc2)NC(=O)CN(C(=O)CCN)C2CCCC2)CSSC[C@@H](C(N)=O)NC(=O)[C@H](CCC(=O)O)NC(=O)[C@H](Cc2c[nH]c3ccc(F)cc23)NC(=O)[C@H](CCC(=O)O)NC(=O)CCNC(=O)[C@H](CCCN=C(N)N)NC(=O)[C@H](Cc2cccc(Cl)c2Cl)NC1=O. The minimum atomic E-state index is -1.83. The number of H-pyrrole nitrogens is 1. The first kappa shape index (κ1) is 86.9. The van der Waals surface area contributed by atoms with Gasteiger partial charge in [-0.3, -0.25) is 72.1 Å². The van der Waals surface area contributed by atoms with Gasteiger partial charge >= 0.3 is 11.9 Å². The highest BCUT2D eigenvalue weighted by molar-refractivity contribution is 8.76. The molecular formula is C69H92Cl2FN17O17S2. The second-order valence-electron chi connectivity index (χ2n) is 26.2. The molecule has 0 unspecified atom stereocenters. The molecule has 2 fully saturated rings. The molecule has 108 heavy (non-hydrogen) atoms. The minimum absolute atomic E-state index is 0.00523. The van der Waals surface area contributed by atoms with Crippen molar-refractivity contribution in [2.24, 2.45) is 33.8 Å². The summed E-state index contributed by atoms with van der Waals surface area (Å²) in [6.45, 7) is 2.04. The van der Waals surface area contributed by atoms with Crippen LogP contribution in [0.15, 0.2) is 71.9 Å². The molecule has 0 radical (unpaired) electrons. The number of primary amides is 1. The summed E-state index contributed by atoms with van der Waals surface area (Å²) in [5.41, 5.74) is 24.0. The number of rotatable bonds is 26. The Kier molecular flexibility index (Phi) is 34.7. The molecular weight excluding hydrogens is 1490 g/mol. The van der Waals surface area contributed by atoms with Crippen molar-refractivity contribution in [1.82, 2.24) is 63.1 Å². The Bertz CT molecular complexity index is 3920. The molecule has 3 aromatic carbocycles. The van der Waals surface area contributed by atoms with Crippen molar-refractivity contribution >= 4 is 144 Å². The topological polar surface area (TPSA) is 555 Å². The average Bonchev–Trinajstić information content (AvgIpc) is 1.64. The molecule has 1 saturated heterocycles. The lowest BCUT2D eigenvalue weighted by atomic mass is 10.00. The normalized spacial score (nSPS) is 21.2. The number of phenols is 1. The van der Waals surface area contributed by atoms with Crippen LogP contribution in [-0.4, -0.2) is 212 Å². The fraction of sp³-hybridized carbons (Fsp3) is 0.493. The van der Waals surface area contributed by atoms with Gasteiger partial charge in [0.15, 0.2) is 5.96 Å². The van der Waals surface area contributed by atoms with Crippen LogP contribution in [0.4, 0.5) is 4.39 Å². The smallest absolute Gasteiger partial charge is 0.303 e. The lowest BCUT2D eigenvalue weighted by Crippen LogP contribution is -2.61. The number of aliphatic imine (C=N–C) groups is 1. The van der Waals surface area contributed by atoms with E-state index >= 15 is 4.79 Å². The third-order valence-corrected chi connectivity index (χ3v) is 20.8. The van der Waals surface area contributed by atoms with Crippen molar-refractivity contribution in [2.45, 2.75) is 171 Å². The second kappa shape index (κ2) is 43.1. The Hall–Kier alpha value is -9.98. The van der Waals surface area contributed by atoms with Crippen LogP contribution >= 0.6 is 44.8 Å². The second-order valence-corrected chi connectivity index (χ2v) is 29.5. The van der Waals surface area contributed by atoms with Crippen LogP contribution in [0.2, 0.25) is 10.0 Å². The Labute approximate surface area is 638 Å². The molecule has 588 valence electrons. The third-order valence-electron chi connectivity index (χ3n) is 17.6. The Morgan fingerprint density at radius 3 is 1.91 bits per heavy atom. The van der Waals surface area contributed by atoms with Gasteiger partial charge in [0.1, 0.15) is 65.9 Å². The van der Waals surface area contributed by atoms with Crippen LogP contribution in [-0.2, 0) is 86.4 Å². The van der Waals surface area contributed by atoms with Gasteiger partial charge in [0, 0.05) is 99.2 Å². The number of nitrogens with two attached hydrogens (primary N) is 4. The number of guanidine groups is 1. The summed E-state index contributed by atoms with van der Waals surface area (Å²) in [4.78, 5) is 205. The number of phenolic OH excluding ortho intramolecular Hbond substituents is 1. The predicted octanol–water partition coefficient (Wildman–Crippen LogP) is -0.344. The molecule has 6 rings (SSSR count). The molecule has 22 N–H and O–H groups in total. The molecule has 1 aromatic heterocycles. The van der Waals surface area contributed by atoms with E-state index in [-0.39, 0.29) is 89.0 Å². The van der Waals surface area contributed by atoms with Crippen LogP contribution < -0.4 is 76.1 Å². The van der Waals surface area contributed by atoms with Crippen LogP contribution in [0.5, 0.6) is 5.75 Å². The Morgan fingerprint density at radius 2 is 1.29 bits per heavy atom. The number of halogens is 3. The van der Waals surface area contributed by atoms with Crippen molar-refractivity contribution in [3.05, 3.63) is 99.4 Å². The van der Waals surface area contributed by atoms with Gasteiger partial charge in [-0.05, 0) is 97.5 Å². The zero-order valence-corrected chi connectivity index (χ0v) is 62.4. The number of hydrogen-bond donors (Lipinski definition) is 18. The Morgan fingerprint density at radius 1 is 0.694 bits per heavy atom.